The van der Waals surface area contributed by atoms with Gasteiger partial charge in [-0.1, -0.05) is 38.1 Å². The van der Waals surface area contributed by atoms with E-state index in [1.54, 1.807) is 0 Å². The van der Waals surface area contributed by atoms with Gasteiger partial charge in [-0.05, 0) is 44.7 Å². The van der Waals surface area contributed by atoms with Gasteiger partial charge in [-0.3, -0.25) is 4.79 Å². The topological polar surface area (TPSA) is 41.1 Å². The Bertz CT molecular complexity index is 429. The van der Waals surface area contributed by atoms with E-state index in [-0.39, 0.29) is 17.5 Å². The molecule has 1 amide bonds. The van der Waals surface area contributed by atoms with Gasteiger partial charge in [0.05, 0.1) is 6.04 Å². The van der Waals surface area contributed by atoms with Crippen LogP contribution in [0.2, 0.25) is 0 Å². The Morgan fingerprint density at radius 3 is 2.10 bits per heavy atom. The summed E-state index contributed by atoms with van der Waals surface area (Å²) < 4.78 is 0. The van der Waals surface area contributed by atoms with Crippen molar-refractivity contribution < 1.29 is 4.79 Å². The maximum atomic E-state index is 11.9. The summed E-state index contributed by atoms with van der Waals surface area (Å²) in [6.45, 7) is 12.9. The molecule has 0 spiro atoms. The van der Waals surface area contributed by atoms with Gasteiger partial charge in [0.1, 0.15) is 0 Å². The van der Waals surface area contributed by atoms with Gasteiger partial charge < -0.3 is 10.6 Å². The lowest BCUT2D eigenvalue weighted by Gasteiger charge is -2.23. The van der Waals surface area contributed by atoms with E-state index >= 15 is 0 Å². The summed E-state index contributed by atoms with van der Waals surface area (Å²) in [4.78, 5) is 11.9. The van der Waals surface area contributed by atoms with E-state index in [9.17, 15) is 4.79 Å². The summed E-state index contributed by atoms with van der Waals surface area (Å²) in [5, 5.41) is 6.24. The first-order valence-electron chi connectivity index (χ1n) is 7.33. The molecule has 3 heteroatoms. The molecular formula is C17H28N2O. The smallest absolute Gasteiger partial charge is 0.237 e. The van der Waals surface area contributed by atoms with E-state index in [2.05, 4.69) is 48.7 Å². The molecule has 1 aromatic carbocycles. The van der Waals surface area contributed by atoms with Gasteiger partial charge in [0.15, 0.2) is 0 Å². The highest BCUT2D eigenvalue weighted by atomic mass is 16.2. The van der Waals surface area contributed by atoms with Crippen LogP contribution in [-0.4, -0.2) is 17.5 Å². The van der Waals surface area contributed by atoms with E-state index in [4.69, 9.17) is 0 Å². The number of hydrogen-bond donors (Lipinski definition) is 2. The van der Waals surface area contributed by atoms with Crippen molar-refractivity contribution in [3.63, 3.8) is 0 Å². The average Bonchev–Trinajstić information content (AvgIpc) is 2.34. The van der Waals surface area contributed by atoms with Crippen LogP contribution in [0.4, 0.5) is 0 Å². The summed E-state index contributed by atoms with van der Waals surface area (Å²) in [5.41, 5.74) is 2.35. The van der Waals surface area contributed by atoms with Crippen LogP contribution in [0.5, 0.6) is 0 Å². The van der Waals surface area contributed by atoms with E-state index < -0.39 is 0 Å². The molecular weight excluding hydrogens is 248 g/mol. The number of benzene rings is 1. The number of amides is 1. The Labute approximate surface area is 123 Å². The standard InChI is InChI=1S/C17H28N2O/c1-12(2)15-9-7-14(8-10-15)11-18-13(3)16(20)19-17(4,5)6/h7-10,12-13,18H,11H2,1-6H3,(H,19,20). The molecule has 0 aliphatic carbocycles. The molecule has 20 heavy (non-hydrogen) atoms. The van der Waals surface area contributed by atoms with Crippen LogP contribution < -0.4 is 10.6 Å². The van der Waals surface area contributed by atoms with Crippen molar-refractivity contribution in [2.45, 2.75) is 65.6 Å². The maximum absolute atomic E-state index is 11.9. The maximum Gasteiger partial charge on any atom is 0.237 e. The molecule has 0 aromatic heterocycles. The molecule has 0 aliphatic rings. The highest BCUT2D eigenvalue weighted by Gasteiger charge is 2.18. The first kappa shape index (κ1) is 16.7. The van der Waals surface area contributed by atoms with Crippen LogP contribution in [-0.2, 0) is 11.3 Å². The SMILES string of the molecule is CC(NCc1ccc(C(C)C)cc1)C(=O)NC(C)(C)C. The lowest BCUT2D eigenvalue weighted by Crippen LogP contribution is -2.49. The van der Waals surface area contributed by atoms with E-state index in [0.29, 0.717) is 12.5 Å². The van der Waals surface area contributed by atoms with E-state index in [0.717, 1.165) is 0 Å². The molecule has 0 radical (unpaired) electrons. The van der Waals surface area contributed by atoms with Gasteiger partial charge in [-0.2, -0.15) is 0 Å². The largest absolute Gasteiger partial charge is 0.350 e. The number of carbonyl (C=O) groups is 1. The summed E-state index contributed by atoms with van der Waals surface area (Å²) in [5.74, 6) is 0.588. The monoisotopic (exact) mass is 276 g/mol. The molecule has 1 rings (SSSR count). The second-order valence-electron chi connectivity index (χ2n) is 6.74. The van der Waals surface area contributed by atoms with Crippen LogP contribution in [0.1, 0.15) is 58.6 Å². The molecule has 0 bridgehead atoms. The summed E-state index contributed by atoms with van der Waals surface area (Å²) in [6.07, 6.45) is 0. The minimum atomic E-state index is -0.195. The molecule has 3 nitrogen and oxygen atoms in total. The normalized spacial score (nSPS) is 13.3. The Balaban J connectivity index is 2.48. The van der Waals surface area contributed by atoms with Crippen LogP contribution >= 0.6 is 0 Å². The minimum Gasteiger partial charge on any atom is -0.350 e. The number of rotatable bonds is 5. The summed E-state index contributed by atoms with van der Waals surface area (Å²) in [7, 11) is 0. The van der Waals surface area contributed by atoms with Crippen molar-refractivity contribution in [1.82, 2.24) is 10.6 Å². The quantitative estimate of drug-likeness (QED) is 0.867. The van der Waals surface area contributed by atoms with E-state index in [1.165, 1.54) is 11.1 Å². The molecule has 0 aliphatic heterocycles. The van der Waals surface area contributed by atoms with Crippen molar-refractivity contribution in [1.29, 1.82) is 0 Å². The fourth-order valence-corrected chi connectivity index (χ4v) is 1.86. The zero-order valence-corrected chi connectivity index (χ0v) is 13.6. The Morgan fingerprint density at radius 2 is 1.65 bits per heavy atom. The third-order valence-electron chi connectivity index (χ3n) is 3.15. The predicted octanol–water partition coefficient (Wildman–Crippen LogP) is 3.20. The van der Waals surface area contributed by atoms with Gasteiger partial charge in [0.2, 0.25) is 5.91 Å². The number of nitrogens with one attached hydrogen (secondary N) is 2. The molecule has 1 atom stereocenters. The predicted molar refractivity (Wildman–Crippen MR) is 84.7 cm³/mol. The Hall–Kier alpha value is -1.35. The second-order valence-corrected chi connectivity index (χ2v) is 6.74. The van der Waals surface area contributed by atoms with Gasteiger partial charge in [0.25, 0.3) is 0 Å². The summed E-state index contributed by atoms with van der Waals surface area (Å²) >= 11 is 0. The van der Waals surface area contributed by atoms with Crippen molar-refractivity contribution in [2.24, 2.45) is 0 Å². The molecule has 0 saturated carbocycles. The average molecular weight is 276 g/mol. The zero-order chi connectivity index (χ0) is 15.3. The zero-order valence-electron chi connectivity index (χ0n) is 13.6. The van der Waals surface area contributed by atoms with Crippen LogP contribution in [0.3, 0.4) is 0 Å². The van der Waals surface area contributed by atoms with Gasteiger partial charge in [-0.15, -0.1) is 0 Å². The fraction of sp³-hybridized carbons (Fsp3) is 0.588. The molecule has 0 fully saturated rings. The van der Waals surface area contributed by atoms with Crippen LogP contribution in [0, 0.1) is 0 Å². The second kappa shape index (κ2) is 6.89. The van der Waals surface area contributed by atoms with Gasteiger partial charge in [-0.25, -0.2) is 0 Å². The van der Waals surface area contributed by atoms with Crippen LogP contribution in [0.15, 0.2) is 24.3 Å². The van der Waals surface area contributed by atoms with Crippen molar-refractivity contribution >= 4 is 5.91 Å². The minimum absolute atomic E-state index is 0.0382. The van der Waals surface area contributed by atoms with Gasteiger partial charge in [0, 0.05) is 12.1 Å². The van der Waals surface area contributed by atoms with E-state index in [1.807, 2.05) is 27.7 Å². The third kappa shape index (κ3) is 5.74. The molecule has 112 valence electrons. The highest BCUT2D eigenvalue weighted by Crippen LogP contribution is 2.14. The molecule has 2 N–H and O–H groups in total. The number of hydrogen-bond acceptors (Lipinski definition) is 2. The Kier molecular flexibility index (Phi) is 5.75. The first-order chi connectivity index (χ1) is 9.19. The van der Waals surface area contributed by atoms with Crippen molar-refractivity contribution in [2.75, 3.05) is 0 Å². The molecule has 1 unspecified atom stereocenters. The van der Waals surface area contributed by atoms with Crippen molar-refractivity contribution in [3.05, 3.63) is 35.4 Å². The lowest BCUT2D eigenvalue weighted by atomic mass is 10.0. The third-order valence-corrected chi connectivity index (χ3v) is 3.15. The molecule has 0 saturated heterocycles. The number of carbonyl (C=O) groups excluding carboxylic acids is 1. The van der Waals surface area contributed by atoms with Gasteiger partial charge >= 0.3 is 0 Å². The Morgan fingerprint density at radius 1 is 1.10 bits per heavy atom. The first-order valence-corrected chi connectivity index (χ1v) is 7.33. The molecule has 0 heterocycles. The lowest BCUT2D eigenvalue weighted by molar-refractivity contribution is -0.124. The molecule has 1 aromatic rings. The summed E-state index contributed by atoms with van der Waals surface area (Å²) in [6, 6.07) is 8.36. The fourth-order valence-electron chi connectivity index (χ4n) is 1.86. The highest BCUT2D eigenvalue weighted by molar-refractivity contribution is 5.81. The van der Waals surface area contributed by atoms with Crippen LogP contribution in [0.25, 0.3) is 0 Å². The van der Waals surface area contributed by atoms with Crippen molar-refractivity contribution in [3.8, 4) is 0 Å².